The third-order valence-corrected chi connectivity index (χ3v) is 8.99. The second-order valence-corrected chi connectivity index (χ2v) is 12.1. The Morgan fingerprint density at radius 2 is 1.05 bits per heavy atom. The van der Waals surface area contributed by atoms with Gasteiger partial charge in [-0.3, -0.25) is 0 Å². The third-order valence-electron chi connectivity index (χ3n) is 5.06. The fourth-order valence-electron chi connectivity index (χ4n) is 4.32. The first-order valence-corrected chi connectivity index (χ1v) is 10.2. The van der Waals surface area contributed by atoms with Gasteiger partial charge < -0.3 is 19.8 Å². The maximum atomic E-state index is 5.23. The maximum absolute atomic E-state index is 5.23. The SMILES string of the molecule is CC1[C@@H](C)C([Si](C)(C)[N-]C(C)(C)C)[C@H](C)[C@@H]1C.[CH3-].[CH3-].[Hf]. The van der Waals surface area contributed by atoms with Crippen LogP contribution in [-0.4, -0.2) is 13.8 Å². The molecule has 1 saturated carbocycles. The molecular formula is C17H38HfNSi-3. The van der Waals surface area contributed by atoms with Gasteiger partial charge in [0.2, 0.25) is 0 Å². The molecule has 2 unspecified atom stereocenters. The number of rotatable bonds is 2. The Morgan fingerprint density at radius 3 is 1.30 bits per heavy atom. The van der Waals surface area contributed by atoms with Crippen LogP contribution in [0.25, 0.3) is 4.98 Å². The molecule has 0 saturated heterocycles. The van der Waals surface area contributed by atoms with Crippen LogP contribution in [0, 0.1) is 38.5 Å². The summed E-state index contributed by atoms with van der Waals surface area (Å²) in [6.07, 6.45) is 0. The molecule has 0 spiro atoms. The standard InChI is InChI=1S/C15H32NSi.2CH3.Hf/c1-10-11(2)13(4)14(12(10)3)17(8,9)16-15(5,6)7;;;/h10-14H,1-9H3;2*1H3;/q3*-1;/t10-,11?,12-,13-,14?;;;/m1.../s1. The molecule has 0 amide bonds. The van der Waals surface area contributed by atoms with E-state index in [1.165, 1.54) is 0 Å². The van der Waals surface area contributed by atoms with Crippen LogP contribution < -0.4 is 0 Å². The monoisotopic (exact) mass is 464 g/mol. The molecule has 0 aromatic rings. The van der Waals surface area contributed by atoms with Gasteiger partial charge in [0.15, 0.2) is 0 Å². The minimum absolute atomic E-state index is 0. The van der Waals surface area contributed by atoms with Crippen LogP contribution in [0.4, 0.5) is 0 Å². The van der Waals surface area contributed by atoms with Crippen molar-refractivity contribution in [2.45, 2.75) is 72.6 Å². The van der Waals surface area contributed by atoms with Gasteiger partial charge in [-0.1, -0.05) is 75.3 Å². The molecule has 1 fully saturated rings. The van der Waals surface area contributed by atoms with E-state index in [9.17, 15) is 0 Å². The van der Waals surface area contributed by atoms with Crippen molar-refractivity contribution in [1.29, 1.82) is 0 Å². The predicted molar refractivity (Wildman–Crippen MR) is 93.8 cm³/mol. The molecule has 0 aromatic heterocycles. The van der Waals surface area contributed by atoms with Crippen molar-refractivity contribution in [3.05, 3.63) is 19.8 Å². The summed E-state index contributed by atoms with van der Waals surface area (Å²) in [5, 5.41) is 0. The van der Waals surface area contributed by atoms with E-state index >= 15 is 0 Å². The minimum atomic E-state index is -1.49. The van der Waals surface area contributed by atoms with E-state index in [0.29, 0.717) is 0 Å². The van der Waals surface area contributed by atoms with Crippen molar-refractivity contribution in [3.63, 3.8) is 0 Å². The van der Waals surface area contributed by atoms with Gasteiger partial charge in [0.25, 0.3) is 0 Å². The Bertz CT molecular complexity index is 259. The van der Waals surface area contributed by atoms with Crippen LogP contribution in [-0.2, 0) is 25.8 Å². The van der Waals surface area contributed by atoms with Crippen LogP contribution in [0.3, 0.4) is 0 Å². The summed E-state index contributed by atoms with van der Waals surface area (Å²) in [5.74, 6) is 3.40. The van der Waals surface area contributed by atoms with Gasteiger partial charge in [-0.15, -0.1) is 5.54 Å². The van der Waals surface area contributed by atoms with Gasteiger partial charge in [-0.05, 0) is 23.7 Å². The van der Waals surface area contributed by atoms with Gasteiger partial charge in [0.1, 0.15) is 0 Å². The maximum Gasteiger partial charge on any atom is 0 e. The van der Waals surface area contributed by atoms with E-state index in [2.05, 4.69) is 61.6 Å². The number of hydrogen-bond donors (Lipinski definition) is 0. The zero-order valence-electron chi connectivity index (χ0n) is 15.8. The number of hydrogen-bond acceptors (Lipinski definition) is 0. The van der Waals surface area contributed by atoms with E-state index in [1.807, 2.05) is 0 Å². The van der Waals surface area contributed by atoms with E-state index < -0.39 is 8.24 Å². The molecule has 0 radical (unpaired) electrons. The minimum Gasteiger partial charge on any atom is -0.660 e. The first-order chi connectivity index (χ1) is 7.47. The predicted octanol–water partition coefficient (Wildman–Crippen LogP) is 6.19. The molecule has 1 nitrogen and oxygen atoms in total. The molecule has 0 heterocycles. The molecule has 0 aliphatic heterocycles. The number of nitrogens with zero attached hydrogens (tertiary/aromatic N) is 1. The smallest absolute Gasteiger partial charge is 0 e. The summed E-state index contributed by atoms with van der Waals surface area (Å²) in [4.78, 5) is 5.23. The first-order valence-electron chi connectivity index (χ1n) is 7.21. The summed E-state index contributed by atoms with van der Waals surface area (Å²) in [7, 11) is -1.49. The molecule has 122 valence electrons. The van der Waals surface area contributed by atoms with Crippen LogP contribution in [0.2, 0.25) is 18.6 Å². The van der Waals surface area contributed by atoms with E-state index in [1.54, 1.807) is 0 Å². The Hall–Kier alpha value is 1.05. The van der Waals surface area contributed by atoms with Crippen LogP contribution in [0.15, 0.2) is 0 Å². The molecule has 1 aliphatic carbocycles. The van der Waals surface area contributed by atoms with Gasteiger partial charge in [0.05, 0.1) is 0 Å². The van der Waals surface area contributed by atoms with Crippen molar-refractivity contribution in [2.75, 3.05) is 0 Å². The molecule has 0 aromatic carbocycles. The fraction of sp³-hybridized carbons (Fsp3) is 0.882. The second-order valence-electron chi connectivity index (χ2n) is 7.90. The Balaban J connectivity index is -0.000000963. The van der Waals surface area contributed by atoms with Gasteiger partial charge >= 0.3 is 0 Å². The van der Waals surface area contributed by atoms with E-state index in [0.717, 1.165) is 29.2 Å². The summed E-state index contributed by atoms with van der Waals surface area (Å²) in [5.41, 5.74) is 0.983. The quantitative estimate of drug-likeness (QED) is 0.343. The van der Waals surface area contributed by atoms with Crippen molar-refractivity contribution in [3.8, 4) is 0 Å². The molecule has 0 bridgehead atoms. The summed E-state index contributed by atoms with van der Waals surface area (Å²) in [6.45, 7) is 21.5. The Kier molecular flexibility index (Phi) is 11.2. The topological polar surface area (TPSA) is 14.1 Å². The van der Waals surface area contributed by atoms with Crippen LogP contribution >= 0.6 is 0 Å². The normalized spacial score (nSPS) is 33.8. The van der Waals surface area contributed by atoms with Crippen LogP contribution in [0.1, 0.15) is 48.5 Å². The zero-order valence-corrected chi connectivity index (χ0v) is 20.4. The van der Waals surface area contributed by atoms with E-state index in [-0.39, 0.29) is 46.2 Å². The van der Waals surface area contributed by atoms with Gasteiger partial charge in [-0.25, -0.2) is 0 Å². The largest absolute Gasteiger partial charge is 0.660 e. The molecule has 1 aliphatic rings. The molecular weight excluding hydrogens is 425 g/mol. The summed E-state index contributed by atoms with van der Waals surface area (Å²) >= 11 is 0. The average Bonchev–Trinajstić information content (AvgIpc) is 2.27. The molecule has 20 heavy (non-hydrogen) atoms. The zero-order chi connectivity index (χ0) is 13.6. The van der Waals surface area contributed by atoms with Crippen molar-refractivity contribution in [2.24, 2.45) is 23.7 Å². The molecule has 5 atom stereocenters. The molecule has 3 heteroatoms. The van der Waals surface area contributed by atoms with Gasteiger partial charge in [0, 0.05) is 25.8 Å². The third kappa shape index (κ3) is 5.68. The molecule has 0 N–H and O–H groups in total. The van der Waals surface area contributed by atoms with E-state index in [4.69, 9.17) is 4.98 Å². The fourth-order valence-corrected chi connectivity index (χ4v) is 9.37. The molecule has 1 rings (SSSR count). The Morgan fingerprint density at radius 1 is 0.750 bits per heavy atom. The summed E-state index contributed by atoms with van der Waals surface area (Å²) < 4.78 is 0. The van der Waals surface area contributed by atoms with Crippen LogP contribution in [0.5, 0.6) is 0 Å². The first kappa shape index (κ1) is 26.0. The van der Waals surface area contributed by atoms with Crippen molar-refractivity contribution < 1.29 is 25.8 Å². The van der Waals surface area contributed by atoms with Gasteiger partial charge in [-0.2, -0.15) is 0 Å². The average molecular weight is 463 g/mol. The summed E-state index contributed by atoms with van der Waals surface area (Å²) in [6, 6.07) is 0. The van der Waals surface area contributed by atoms with Crippen molar-refractivity contribution in [1.82, 2.24) is 0 Å². The second kappa shape index (κ2) is 8.62. The van der Waals surface area contributed by atoms with Crippen molar-refractivity contribution >= 4 is 8.24 Å². The Labute approximate surface area is 150 Å².